The van der Waals surface area contributed by atoms with Crippen LogP contribution in [0, 0.1) is 0 Å². The number of rotatable bonds is 4. The van der Waals surface area contributed by atoms with Crippen LogP contribution in [0.5, 0.6) is 0 Å². The molecule has 0 bridgehead atoms. The summed E-state index contributed by atoms with van der Waals surface area (Å²) in [6, 6.07) is 16.6. The molecule has 1 fully saturated rings. The zero-order valence-electron chi connectivity index (χ0n) is 15.8. The minimum Gasteiger partial charge on any atom is -0.480 e. The second-order valence-corrected chi connectivity index (χ2v) is 7.92. The van der Waals surface area contributed by atoms with Gasteiger partial charge in [0.15, 0.2) is 0 Å². The normalized spacial score (nSPS) is 18.4. The Kier molecular flexibility index (Phi) is 5.75. The van der Waals surface area contributed by atoms with E-state index in [-0.39, 0.29) is 11.9 Å². The molecule has 1 N–H and O–H groups in total. The molecule has 2 aromatic carbocycles. The molecule has 3 aromatic rings. The fourth-order valence-corrected chi connectivity index (χ4v) is 4.26. The summed E-state index contributed by atoms with van der Waals surface area (Å²) in [6.45, 7) is 0. The number of carbonyl (C=O) groups is 2. The van der Waals surface area contributed by atoms with Crippen LogP contribution in [0.15, 0.2) is 66.9 Å². The lowest BCUT2D eigenvalue weighted by Crippen LogP contribution is -2.41. The average molecular weight is 441 g/mol. The van der Waals surface area contributed by atoms with Crippen LogP contribution in [0.2, 0.25) is 10.2 Å². The van der Waals surface area contributed by atoms with Crippen molar-refractivity contribution in [2.45, 2.75) is 24.9 Å². The molecule has 5 nitrogen and oxygen atoms in total. The Labute approximate surface area is 183 Å². The SMILES string of the molecule is O=C(O)[C@@H]1CC[C@H](c2ccccc2Cl)N1C(=O)c1ccc(-c2ccc(Cl)nc2)cc1. The summed E-state index contributed by atoms with van der Waals surface area (Å²) in [6.07, 6.45) is 2.58. The highest BCUT2D eigenvalue weighted by Crippen LogP contribution is 2.40. The maximum atomic E-state index is 13.3. The molecule has 1 aromatic heterocycles. The highest BCUT2D eigenvalue weighted by Gasteiger charge is 2.42. The predicted octanol–water partition coefficient (Wildman–Crippen LogP) is 5.49. The van der Waals surface area contributed by atoms with Crippen LogP contribution >= 0.6 is 23.2 Å². The van der Waals surface area contributed by atoms with Crippen molar-refractivity contribution < 1.29 is 14.7 Å². The van der Waals surface area contributed by atoms with Crippen molar-refractivity contribution in [2.75, 3.05) is 0 Å². The quantitative estimate of drug-likeness (QED) is 0.544. The van der Waals surface area contributed by atoms with Gasteiger partial charge in [-0.3, -0.25) is 4.79 Å². The molecule has 2 heterocycles. The van der Waals surface area contributed by atoms with E-state index in [0.29, 0.717) is 28.6 Å². The zero-order valence-corrected chi connectivity index (χ0v) is 17.3. The summed E-state index contributed by atoms with van der Waals surface area (Å²) >= 11 is 12.2. The van der Waals surface area contributed by atoms with Gasteiger partial charge in [0.2, 0.25) is 0 Å². The van der Waals surface area contributed by atoms with Crippen molar-refractivity contribution in [2.24, 2.45) is 0 Å². The van der Waals surface area contributed by atoms with Gasteiger partial charge in [0, 0.05) is 22.3 Å². The molecule has 0 unspecified atom stereocenters. The predicted molar refractivity (Wildman–Crippen MR) is 116 cm³/mol. The number of nitrogens with zero attached hydrogens (tertiary/aromatic N) is 2. The Hall–Kier alpha value is -2.89. The summed E-state index contributed by atoms with van der Waals surface area (Å²) in [5.74, 6) is -1.34. The number of halogens is 2. The smallest absolute Gasteiger partial charge is 0.326 e. The number of carboxylic acids is 1. The molecule has 1 amide bonds. The van der Waals surface area contributed by atoms with Gasteiger partial charge in [-0.05, 0) is 54.3 Å². The minimum atomic E-state index is -1.01. The van der Waals surface area contributed by atoms with Gasteiger partial charge in [0.25, 0.3) is 5.91 Å². The van der Waals surface area contributed by atoms with E-state index >= 15 is 0 Å². The van der Waals surface area contributed by atoms with Crippen LogP contribution in [-0.2, 0) is 4.79 Å². The van der Waals surface area contributed by atoms with Crippen LogP contribution in [0.3, 0.4) is 0 Å². The van der Waals surface area contributed by atoms with Gasteiger partial charge in [0.05, 0.1) is 6.04 Å². The number of carboxylic acid groups (broad SMARTS) is 1. The van der Waals surface area contributed by atoms with E-state index in [1.54, 1.807) is 30.5 Å². The van der Waals surface area contributed by atoms with Crippen LogP contribution in [0.1, 0.15) is 34.8 Å². The molecule has 0 radical (unpaired) electrons. The molecule has 4 rings (SSSR count). The van der Waals surface area contributed by atoms with E-state index in [4.69, 9.17) is 23.2 Å². The van der Waals surface area contributed by atoms with Crippen molar-refractivity contribution in [1.82, 2.24) is 9.88 Å². The van der Waals surface area contributed by atoms with Gasteiger partial charge in [-0.25, -0.2) is 9.78 Å². The maximum absolute atomic E-state index is 13.3. The van der Waals surface area contributed by atoms with Gasteiger partial charge in [0.1, 0.15) is 11.2 Å². The lowest BCUT2D eigenvalue weighted by atomic mass is 10.0. The van der Waals surface area contributed by atoms with Crippen LogP contribution in [0.4, 0.5) is 0 Å². The van der Waals surface area contributed by atoms with Crippen molar-refractivity contribution in [3.63, 3.8) is 0 Å². The summed E-state index contributed by atoms with van der Waals surface area (Å²) in [5, 5.41) is 10.6. The Balaban J connectivity index is 1.65. The van der Waals surface area contributed by atoms with E-state index in [1.165, 1.54) is 4.90 Å². The van der Waals surface area contributed by atoms with E-state index < -0.39 is 12.0 Å². The first-order chi connectivity index (χ1) is 14.5. The number of aromatic nitrogens is 1. The fraction of sp³-hybridized carbons (Fsp3) is 0.174. The third-order valence-corrected chi connectivity index (χ3v) is 5.93. The number of amides is 1. The first-order valence-electron chi connectivity index (χ1n) is 9.47. The first kappa shape index (κ1) is 20.4. The number of carbonyl (C=O) groups excluding carboxylic acids is 1. The highest BCUT2D eigenvalue weighted by molar-refractivity contribution is 6.31. The van der Waals surface area contributed by atoms with Gasteiger partial charge in [-0.2, -0.15) is 0 Å². The third kappa shape index (κ3) is 3.91. The second-order valence-electron chi connectivity index (χ2n) is 7.13. The monoisotopic (exact) mass is 440 g/mol. The molecule has 1 aliphatic heterocycles. The van der Waals surface area contributed by atoms with Crippen molar-refractivity contribution in [3.05, 3.63) is 88.2 Å². The Morgan fingerprint density at radius 3 is 2.27 bits per heavy atom. The molecule has 152 valence electrons. The topological polar surface area (TPSA) is 70.5 Å². The van der Waals surface area contributed by atoms with E-state index in [9.17, 15) is 14.7 Å². The largest absolute Gasteiger partial charge is 0.480 e. The molecule has 0 saturated carbocycles. The number of hydrogen-bond acceptors (Lipinski definition) is 3. The fourth-order valence-electron chi connectivity index (χ4n) is 3.89. The number of likely N-dealkylation sites (tertiary alicyclic amines) is 1. The molecule has 0 spiro atoms. The average Bonchev–Trinajstić information content (AvgIpc) is 3.19. The van der Waals surface area contributed by atoms with Gasteiger partial charge in [-0.15, -0.1) is 0 Å². The number of hydrogen-bond donors (Lipinski definition) is 1. The van der Waals surface area contributed by atoms with Crippen LogP contribution in [-0.4, -0.2) is 32.9 Å². The molecule has 2 atom stereocenters. The third-order valence-electron chi connectivity index (χ3n) is 5.36. The van der Waals surface area contributed by atoms with E-state index in [1.807, 2.05) is 36.4 Å². The van der Waals surface area contributed by atoms with E-state index in [0.717, 1.165) is 16.7 Å². The van der Waals surface area contributed by atoms with Crippen molar-refractivity contribution >= 4 is 35.1 Å². The Morgan fingerprint density at radius 2 is 1.63 bits per heavy atom. The Bertz CT molecular complexity index is 1080. The molecule has 0 aliphatic carbocycles. The summed E-state index contributed by atoms with van der Waals surface area (Å²) < 4.78 is 0. The number of benzene rings is 2. The van der Waals surface area contributed by atoms with Crippen LogP contribution < -0.4 is 0 Å². The van der Waals surface area contributed by atoms with Gasteiger partial charge < -0.3 is 10.0 Å². The minimum absolute atomic E-state index is 0.328. The Morgan fingerprint density at radius 1 is 0.933 bits per heavy atom. The summed E-state index contributed by atoms with van der Waals surface area (Å²) in [5.41, 5.74) is 2.94. The van der Waals surface area contributed by atoms with Gasteiger partial charge in [-0.1, -0.05) is 53.5 Å². The summed E-state index contributed by atoms with van der Waals surface area (Å²) in [7, 11) is 0. The van der Waals surface area contributed by atoms with Gasteiger partial charge >= 0.3 is 5.97 Å². The lowest BCUT2D eigenvalue weighted by molar-refractivity contribution is -0.141. The van der Waals surface area contributed by atoms with Crippen molar-refractivity contribution in [3.8, 4) is 11.1 Å². The second kappa shape index (κ2) is 8.46. The van der Waals surface area contributed by atoms with Crippen molar-refractivity contribution in [1.29, 1.82) is 0 Å². The lowest BCUT2D eigenvalue weighted by Gasteiger charge is -2.29. The molecule has 7 heteroatoms. The number of aliphatic carboxylic acids is 1. The molecular weight excluding hydrogens is 423 g/mol. The molecule has 30 heavy (non-hydrogen) atoms. The molecular formula is C23H18Cl2N2O3. The highest BCUT2D eigenvalue weighted by atomic mass is 35.5. The zero-order chi connectivity index (χ0) is 21.3. The summed E-state index contributed by atoms with van der Waals surface area (Å²) in [4.78, 5) is 30.7. The standard InChI is InChI=1S/C23H18Cl2N2O3/c24-18-4-2-1-3-17(18)19-10-11-20(23(29)30)27(19)22(28)15-7-5-14(6-8-15)16-9-12-21(25)26-13-16/h1-9,12-13,19-20H,10-11H2,(H,29,30)/t19-,20+/m1/s1. The molecule has 1 saturated heterocycles. The first-order valence-corrected chi connectivity index (χ1v) is 10.2. The maximum Gasteiger partial charge on any atom is 0.326 e. The molecule has 1 aliphatic rings. The van der Waals surface area contributed by atoms with E-state index in [2.05, 4.69) is 4.98 Å². The van der Waals surface area contributed by atoms with Crippen LogP contribution in [0.25, 0.3) is 11.1 Å². The number of pyridine rings is 1.